The van der Waals surface area contributed by atoms with Gasteiger partial charge in [0.1, 0.15) is 5.75 Å². The number of halogens is 2. The lowest BCUT2D eigenvalue weighted by Gasteiger charge is -2.12. The van der Waals surface area contributed by atoms with E-state index < -0.39 is 0 Å². The number of nitrogens with one attached hydrogen (secondary N) is 2. The third-order valence-corrected chi connectivity index (χ3v) is 4.56. The number of rotatable bonds is 8. The maximum absolute atomic E-state index is 5.91. The average Bonchev–Trinajstić information content (AvgIpc) is 3.22. The summed E-state index contributed by atoms with van der Waals surface area (Å²) in [5.74, 6) is 2.73. The molecule has 7 nitrogen and oxygen atoms in total. The van der Waals surface area contributed by atoms with Crippen molar-refractivity contribution in [3.05, 3.63) is 65.0 Å². The highest BCUT2D eigenvalue weighted by Crippen LogP contribution is 2.19. The molecule has 2 N–H and O–H groups in total. The van der Waals surface area contributed by atoms with Crippen molar-refractivity contribution in [3.8, 4) is 17.1 Å². The van der Waals surface area contributed by atoms with Gasteiger partial charge in [0.2, 0.25) is 11.7 Å². The molecule has 0 amide bonds. The van der Waals surface area contributed by atoms with Crippen molar-refractivity contribution in [3.63, 3.8) is 0 Å². The number of aliphatic imine (C=N–C) groups is 1. The lowest BCUT2D eigenvalue weighted by molar-refractivity contribution is 0.378. The molecule has 9 heteroatoms. The van der Waals surface area contributed by atoms with Gasteiger partial charge in [0.05, 0.1) is 7.11 Å². The first-order valence-electron chi connectivity index (χ1n) is 9.34. The van der Waals surface area contributed by atoms with Gasteiger partial charge in [-0.3, -0.25) is 4.99 Å². The molecule has 160 valence electrons. The molecular formula is C21H25ClIN5O2. The number of ether oxygens (including phenoxy) is 1. The van der Waals surface area contributed by atoms with Crippen LogP contribution in [0.4, 0.5) is 0 Å². The molecule has 3 rings (SSSR count). The Hall–Kier alpha value is -2.33. The summed E-state index contributed by atoms with van der Waals surface area (Å²) in [4.78, 5) is 8.66. The quantitative estimate of drug-likeness (QED) is 0.255. The van der Waals surface area contributed by atoms with E-state index >= 15 is 0 Å². The fraction of sp³-hybridized carbons (Fsp3) is 0.286. The van der Waals surface area contributed by atoms with Gasteiger partial charge in [0, 0.05) is 37.1 Å². The zero-order valence-corrected chi connectivity index (χ0v) is 20.0. The van der Waals surface area contributed by atoms with Crippen LogP contribution in [-0.4, -0.2) is 43.3 Å². The summed E-state index contributed by atoms with van der Waals surface area (Å²) in [5.41, 5.74) is 2.02. The van der Waals surface area contributed by atoms with Crippen molar-refractivity contribution in [2.45, 2.75) is 12.8 Å². The van der Waals surface area contributed by atoms with Crippen LogP contribution in [0, 0.1) is 0 Å². The Morgan fingerprint density at radius 2 is 1.77 bits per heavy atom. The standard InChI is InChI=1S/C21H24ClN5O2.HI/c1-23-21(24-13-11-15-5-3-4-6-18(15)28-2)25-14-12-19-26-20(27-29-19)16-7-9-17(22)10-8-16;/h3-10H,11-14H2,1-2H3,(H2,23,24,25);1H. The number of hydrogen-bond donors (Lipinski definition) is 2. The van der Waals surface area contributed by atoms with Gasteiger partial charge in [0.25, 0.3) is 0 Å². The SMILES string of the molecule is CN=C(NCCc1nc(-c2ccc(Cl)cc2)no1)NCCc1ccccc1OC.I. The summed E-state index contributed by atoms with van der Waals surface area (Å²) in [7, 11) is 3.42. The van der Waals surface area contributed by atoms with E-state index in [2.05, 4.69) is 31.8 Å². The van der Waals surface area contributed by atoms with Crippen molar-refractivity contribution in [1.29, 1.82) is 0 Å². The van der Waals surface area contributed by atoms with E-state index in [-0.39, 0.29) is 24.0 Å². The number of aromatic nitrogens is 2. The van der Waals surface area contributed by atoms with Crippen molar-refractivity contribution in [2.24, 2.45) is 4.99 Å². The van der Waals surface area contributed by atoms with Crippen LogP contribution in [0.2, 0.25) is 5.02 Å². The number of nitrogens with zero attached hydrogens (tertiary/aromatic N) is 3. The molecule has 0 aliphatic heterocycles. The molecule has 0 saturated heterocycles. The van der Waals surface area contributed by atoms with E-state index in [0.29, 0.717) is 29.7 Å². The third kappa shape index (κ3) is 6.88. The number of benzene rings is 2. The summed E-state index contributed by atoms with van der Waals surface area (Å²) in [6.07, 6.45) is 1.42. The molecule has 3 aromatic rings. The Balaban J connectivity index is 0.00000320. The highest BCUT2D eigenvalue weighted by molar-refractivity contribution is 14.0. The number of methoxy groups -OCH3 is 1. The van der Waals surface area contributed by atoms with Crippen LogP contribution in [0.5, 0.6) is 5.75 Å². The van der Waals surface area contributed by atoms with Gasteiger partial charge in [-0.05, 0) is 42.3 Å². The minimum atomic E-state index is 0. The van der Waals surface area contributed by atoms with Crippen LogP contribution < -0.4 is 15.4 Å². The van der Waals surface area contributed by atoms with Crippen LogP contribution in [0.25, 0.3) is 11.4 Å². The average molecular weight is 542 g/mol. The topological polar surface area (TPSA) is 84.6 Å². The third-order valence-electron chi connectivity index (χ3n) is 4.30. The van der Waals surface area contributed by atoms with Crippen molar-refractivity contribution < 1.29 is 9.26 Å². The fourth-order valence-corrected chi connectivity index (χ4v) is 2.93. The Kier molecular flexibility index (Phi) is 9.88. The monoisotopic (exact) mass is 541 g/mol. The largest absolute Gasteiger partial charge is 0.496 e. The second-order valence-corrected chi connectivity index (χ2v) is 6.69. The Morgan fingerprint density at radius 1 is 1.07 bits per heavy atom. The summed E-state index contributed by atoms with van der Waals surface area (Å²) in [5, 5.41) is 11.2. The van der Waals surface area contributed by atoms with E-state index in [0.717, 1.165) is 35.8 Å². The van der Waals surface area contributed by atoms with Gasteiger partial charge < -0.3 is 19.9 Å². The van der Waals surface area contributed by atoms with Crippen LogP contribution in [0.3, 0.4) is 0 Å². The van der Waals surface area contributed by atoms with E-state index in [4.69, 9.17) is 20.9 Å². The molecule has 30 heavy (non-hydrogen) atoms. The van der Waals surface area contributed by atoms with E-state index in [1.165, 1.54) is 0 Å². The smallest absolute Gasteiger partial charge is 0.228 e. The predicted octanol–water partition coefficient (Wildman–Crippen LogP) is 3.97. The molecule has 0 radical (unpaired) electrons. The number of guanidine groups is 1. The molecule has 0 fully saturated rings. The first-order chi connectivity index (χ1) is 14.2. The second-order valence-electron chi connectivity index (χ2n) is 6.26. The molecule has 2 aromatic carbocycles. The van der Waals surface area contributed by atoms with Crippen LogP contribution in [0.15, 0.2) is 58.0 Å². The second kappa shape index (κ2) is 12.4. The Morgan fingerprint density at radius 3 is 2.47 bits per heavy atom. The minimum absolute atomic E-state index is 0. The number of hydrogen-bond acceptors (Lipinski definition) is 5. The molecule has 1 aromatic heterocycles. The molecule has 0 saturated carbocycles. The molecule has 0 unspecified atom stereocenters. The summed E-state index contributed by atoms with van der Waals surface area (Å²) in [6.45, 7) is 1.36. The predicted molar refractivity (Wildman–Crippen MR) is 130 cm³/mol. The van der Waals surface area contributed by atoms with E-state index in [9.17, 15) is 0 Å². The minimum Gasteiger partial charge on any atom is -0.496 e. The van der Waals surface area contributed by atoms with Gasteiger partial charge in [-0.15, -0.1) is 24.0 Å². The Bertz CT molecular complexity index is 947. The van der Waals surface area contributed by atoms with E-state index in [1.807, 2.05) is 30.3 Å². The summed E-state index contributed by atoms with van der Waals surface area (Å²) >= 11 is 5.91. The van der Waals surface area contributed by atoms with Crippen LogP contribution >= 0.6 is 35.6 Å². The van der Waals surface area contributed by atoms with Crippen molar-refractivity contribution >= 4 is 41.5 Å². The van der Waals surface area contributed by atoms with Gasteiger partial charge in [0.15, 0.2) is 5.96 Å². The normalized spacial score (nSPS) is 11.0. The number of para-hydroxylation sites is 1. The highest BCUT2D eigenvalue weighted by atomic mass is 127. The van der Waals surface area contributed by atoms with Crippen LogP contribution in [0.1, 0.15) is 11.5 Å². The van der Waals surface area contributed by atoms with Gasteiger partial charge in [-0.25, -0.2) is 0 Å². The summed E-state index contributed by atoms with van der Waals surface area (Å²) in [6, 6.07) is 15.3. The lowest BCUT2D eigenvalue weighted by Crippen LogP contribution is -2.39. The molecule has 0 bridgehead atoms. The zero-order chi connectivity index (χ0) is 20.5. The fourth-order valence-electron chi connectivity index (χ4n) is 2.81. The zero-order valence-electron chi connectivity index (χ0n) is 16.9. The molecule has 1 heterocycles. The van der Waals surface area contributed by atoms with Gasteiger partial charge in [-0.2, -0.15) is 4.98 Å². The maximum Gasteiger partial charge on any atom is 0.228 e. The van der Waals surface area contributed by atoms with Crippen molar-refractivity contribution in [1.82, 2.24) is 20.8 Å². The maximum atomic E-state index is 5.91. The van der Waals surface area contributed by atoms with Crippen molar-refractivity contribution in [2.75, 3.05) is 27.2 Å². The Labute approximate surface area is 198 Å². The molecule has 0 atom stereocenters. The molecule has 0 aliphatic carbocycles. The molecule has 0 aliphatic rings. The molecular weight excluding hydrogens is 517 g/mol. The van der Waals surface area contributed by atoms with Gasteiger partial charge >= 0.3 is 0 Å². The highest BCUT2D eigenvalue weighted by Gasteiger charge is 2.09. The molecule has 0 spiro atoms. The van der Waals surface area contributed by atoms with E-state index in [1.54, 1.807) is 26.3 Å². The first-order valence-corrected chi connectivity index (χ1v) is 9.72. The first kappa shape index (κ1) is 23.9. The summed E-state index contributed by atoms with van der Waals surface area (Å²) < 4.78 is 10.7. The van der Waals surface area contributed by atoms with Crippen LogP contribution in [-0.2, 0) is 12.8 Å². The van der Waals surface area contributed by atoms with Gasteiger partial charge in [-0.1, -0.05) is 35.0 Å². The lowest BCUT2D eigenvalue weighted by atomic mass is 10.1.